The number of carbonyl (C=O) groups excluding carboxylic acids is 2. The van der Waals surface area contributed by atoms with E-state index in [1.807, 2.05) is 0 Å². The Hall–Kier alpha value is -4.40. The van der Waals surface area contributed by atoms with Gasteiger partial charge < -0.3 is 19.3 Å². The number of methoxy groups -OCH3 is 1. The molecule has 0 saturated carbocycles. The van der Waals surface area contributed by atoms with Gasteiger partial charge in [-0.1, -0.05) is 57.6 Å². The summed E-state index contributed by atoms with van der Waals surface area (Å²) in [6, 6.07) is 19.9. The van der Waals surface area contributed by atoms with E-state index in [1.54, 1.807) is 42.5 Å². The third-order valence-electron chi connectivity index (χ3n) is 6.37. The van der Waals surface area contributed by atoms with E-state index in [-0.39, 0.29) is 21.4 Å². The topological polar surface area (TPSA) is 153 Å². The van der Waals surface area contributed by atoms with E-state index < -0.39 is 30.7 Å². The molecule has 0 bridgehead atoms. The predicted molar refractivity (Wildman–Crippen MR) is 167 cm³/mol. The number of hydrogen-bond donors (Lipinski definition) is 2. The number of alkyl halides is 2. The van der Waals surface area contributed by atoms with Crippen LogP contribution in [-0.2, 0) is 21.5 Å². The van der Waals surface area contributed by atoms with Crippen LogP contribution in [0.4, 0.5) is 8.78 Å². The average molecular weight is 731 g/mol. The van der Waals surface area contributed by atoms with Crippen LogP contribution in [-0.4, -0.2) is 43.5 Å². The normalized spacial score (nSPS) is 12.2. The summed E-state index contributed by atoms with van der Waals surface area (Å²) in [4.78, 5) is 51.5. The molecule has 5 rings (SSSR count). The van der Waals surface area contributed by atoms with Crippen molar-refractivity contribution in [2.24, 2.45) is 4.99 Å². The van der Waals surface area contributed by atoms with Gasteiger partial charge >= 0.3 is 19.2 Å². The van der Waals surface area contributed by atoms with Crippen molar-refractivity contribution in [1.82, 2.24) is 14.8 Å². The second-order valence-electron chi connectivity index (χ2n) is 9.55. The number of benzene rings is 3. The van der Waals surface area contributed by atoms with Crippen molar-refractivity contribution < 1.29 is 42.2 Å². The van der Waals surface area contributed by atoms with E-state index in [1.165, 1.54) is 54.5 Å². The Bertz CT molecular complexity index is 2050. The minimum atomic E-state index is -5.79. The summed E-state index contributed by atoms with van der Waals surface area (Å²) in [7, 11) is -4.50. The summed E-state index contributed by atoms with van der Waals surface area (Å²) in [5.41, 5.74) is -3.65. The summed E-state index contributed by atoms with van der Waals surface area (Å²) in [5.74, 6) is -0.252. The first kappa shape index (κ1) is 33.0. The van der Waals surface area contributed by atoms with E-state index in [9.17, 15) is 22.9 Å². The minimum Gasteiger partial charge on any atom is -0.465 e. The average Bonchev–Trinajstić information content (AvgIpc) is 3.42. The number of carbonyl (C=O) groups is 2. The molecule has 236 valence electrons. The van der Waals surface area contributed by atoms with Crippen molar-refractivity contribution >= 4 is 46.7 Å². The van der Waals surface area contributed by atoms with Crippen LogP contribution in [0.3, 0.4) is 0 Å². The summed E-state index contributed by atoms with van der Waals surface area (Å²) >= 11 is 4.09. The molecule has 0 spiro atoms. The molecule has 16 heteroatoms. The number of halogens is 3. The lowest BCUT2D eigenvalue weighted by atomic mass is 10.1. The number of aromatic nitrogens is 3. The molecule has 0 aliphatic heterocycles. The van der Waals surface area contributed by atoms with Crippen LogP contribution in [0.5, 0.6) is 11.5 Å². The molecule has 0 atom stereocenters. The largest absolute Gasteiger partial charge is 0.465 e. The van der Waals surface area contributed by atoms with Gasteiger partial charge in [-0.15, -0.1) is 0 Å². The summed E-state index contributed by atoms with van der Waals surface area (Å²) in [5, 5.41) is 5.07. The van der Waals surface area contributed by atoms with Crippen molar-refractivity contribution in [3.63, 3.8) is 0 Å². The summed E-state index contributed by atoms with van der Waals surface area (Å²) in [6.45, 7) is -0.0319. The van der Waals surface area contributed by atoms with Crippen LogP contribution in [0, 0.1) is 0 Å². The quantitative estimate of drug-likeness (QED) is 0.130. The van der Waals surface area contributed by atoms with Gasteiger partial charge in [0.25, 0.3) is 5.91 Å². The van der Waals surface area contributed by atoms with Crippen molar-refractivity contribution in [2.75, 3.05) is 7.11 Å². The highest BCUT2D eigenvalue weighted by atomic mass is 79.9. The number of esters is 1. The fraction of sp³-hybridized carbons (Fsp3) is 0.100. The maximum Gasteiger partial charge on any atom is 0.399 e. The minimum absolute atomic E-state index is 0.0319. The zero-order chi connectivity index (χ0) is 33.1. The van der Waals surface area contributed by atoms with Crippen molar-refractivity contribution in [1.29, 1.82) is 0 Å². The van der Waals surface area contributed by atoms with E-state index in [4.69, 9.17) is 19.3 Å². The first-order chi connectivity index (χ1) is 21.9. The first-order valence-corrected chi connectivity index (χ1v) is 16.3. The molecule has 11 nitrogen and oxygen atoms in total. The summed E-state index contributed by atoms with van der Waals surface area (Å²) < 4.78 is 52.1. The molecule has 2 heterocycles. The van der Waals surface area contributed by atoms with Gasteiger partial charge in [0.1, 0.15) is 16.5 Å². The maximum atomic E-state index is 14.4. The Labute approximate surface area is 272 Å². The van der Waals surface area contributed by atoms with Gasteiger partial charge in [0.2, 0.25) is 4.80 Å². The van der Waals surface area contributed by atoms with E-state index in [0.717, 1.165) is 17.4 Å². The van der Waals surface area contributed by atoms with E-state index >= 15 is 0 Å². The lowest BCUT2D eigenvalue weighted by Crippen LogP contribution is -2.20. The van der Waals surface area contributed by atoms with Gasteiger partial charge in [-0.25, -0.2) is 9.48 Å². The highest BCUT2D eigenvalue weighted by molar-refractivity contribution is 9.10. The standard InChI is InChI=1S/C30H22BrF2N4O7PS/c1-43-28(39)21-5-3-7-23(16-21)44-22-6-2-4-20(15-22)27-36-37(29(46-27)35-26(38)19-10-12-34-13-11-19)17-18-8-9-24(25(31)14-18)30(32,33)45(40,41)42/h2-16H,17H2,1H3,(H2,40,41,42). The lowest BCUT2D eigenvalue weighted by Gasteiger charge is -2.19. The number of hydrogen-bond acceptors (Lipinski definition) is 8. The molecule has 46 heavy (non-hydrogen) atoms. The van der Waals surface area contributed by atoms with Gasteiger partial charge in [0.05, 0.1) is 19.2 Å². The van der Waals surface area contributed by atoms with Crippen molar-refractivity contribution in [3.8, 4) is 22.1 Å². The van der Waals surface area contributed by atoms with Gasteiger partial charge in [0.15, 0.2) is 0 Å². The molecule has 1 amide bonds. The van der Waals surface area contributed by atoms with Gasteiger partial charge in [-0.3, -0.25) is 14.3 Å². The Morgan fingerprint density at radius 3 is 2.37 bits per heavy atom. The molecule has 0 saturated heterocycles. The van der Waals surface area contributed by atoms with Gasteiger partial charge in [-0.05, 0) is 54.1 Å². The summed E-state index contributed by atoms with van der Waals surface area (Å²) in [6.07, 6.45) is 2.90. The molecule has 0 unspecified atom stereocenters. The zero-order valence-electron chi connectivity index (χ0n) is 23.6. The van der Waals surface area contributed by atoms with Crippen molar-refractivity contribution in [2.45, 2.75) is 12.2 Å². The van der Waals surface area contributed by atoms with Gasteiger partial charge in [-0.2, -0.15) is 18.9 Å². The number of pyridine rings is 1. The predicted octanol–water partition coefficient (Wildman–Crippen LogP) is 6.36. The van der Waals surface area contributed by atoms with Crippen LogP contribution in [0.1, 0.15) is 31.8 Å². The van der Waals surface area contributed by atoms with Crippen LogP contribution in [0.2, 0.25) is 0 Å². The molecule has 0 radical (unpaired) electrons. The molecule has 3 aromatic carbocycles. The Morgan fingerprint density at radius 1 is 1.00 bits per heavy atom. The smallest absolute Gasteiger partial charge is 0.399 e. The lowest BCUT2D eigenvalue weighted by molar-refractivity contribution is 0.0557. The first-order valence-electron chi connectivity index (χ1n) is 13.1. The number of ether oxygens (including phenoxy) is 2. The number of amides is 1. The third kappa shape index (κ3) is 7.35. The molecule has 0 aliphatic carbocycles. The Morgan fingerprint density at radius 2 is 1.70 bits per heavy atom. The number of rotatable bonds is 9. The van der Waals surface area contributed by atoms with Crippen LogP contribution >= 0.6 is 34.9 Å². The monoisotopic (exact) mass is 730 g/mol. The fourth-order valence-corrected chi connectivity index (χ4v) is 6.36. The highest BCUT2D eigenvalue weighted by Gasteiger charge is 2.51. The van der Waals surface area contributed by atoms with Crippen LogP contribution in [0.15, 0.2) is 101 Å². The van der Waals surface area contributed by atoms with E-state index in [2.05, 4.69) is 31.0 Å². The molecule has 5 aromatic rings. The highest BCUT2D eigenvalue weighted by Crippen LogP contribution is 2.60. The Kier molecular flexibility index (Phi) is 9.70. The zero-order valence-corrected chi connectivity index (χ0v) is 26.9. The molecular weight excluding hydrogens is 709 g/mol. The fourth-order valence-electron chi connectivity index (χ4n) is 4.12. The molecule has 0 aliphatic rings. The number of nitrogens with zero attached hydrogens (tertiary/aromatic N) is 4. The molecule has 0 fully saturated rings. The van der Waals surface area contributed by atoms with Gasteiger partial charge in [0, 0.05) is 33.6 Å². The van der Waals surface area contributed by atoms with E-state index in [0.29, 0.717) is 33.2 Å². The molecule has 2 aromatic heterocycles. The SMILES string of the molecule is COC(=O)c1cccc(Oc2cccc(-c3nn(Cc4ccc(C(F)(F)P(=O)(O)O)c(Br)c4)c(=NC(=O)c4ccncc4)s3)c2)c1. The maximum absolute atomic E-state index is 14.4. The molecule has 2 N–H and O–H groups in total. The second kappa shape index (κ2) is 13.5. The van der Waals surface area contributed by atoms with Crippen LogP contribution < -0.4 is 9.54 Å². The third-order valence-corrected chi connectivity index (χ3v) is 9.00. The van der Waals surface area contributed by atoms with Crippen molar-refractivity contribution in [3.05, 3.63) is 123 Å². The second-order valence-corrected chi connectivity index (χ2v) is 13.0. The Balaban J connectivity index is 1.51. The van der Waals surface area contributed by atoms with Crippen LogP contribution in [0.25, 0.3) is 10.6 Å². The molecular formula is C30H22BrF2N4O7PS.